The molecule has 0 aliphatic heterocycles. The van der Waals surface area contributed by atoms with Gasteiger partial charge in [-0.05, 0) is 60.9 Å². The molecule has 0 aliphatic carbocycles. The van der Waals surface area contributed by atoms with Crippen molar-refractivity contribution < 1.29 is 9.47 Å². The summed E-state index contributed by atoms with van der Waals surface area (Å²) in [7, 11) is 1.63. The average Bonchev–Trinajstić information content (AvgIpc) is 2.60. The van der Waals surface area contributed by atoms with Crippen LogP contribution < -0.4 is 15.2 Å². The minimum absolute atomic E-state index is 0.0967. The molecule has 5 heteroatoms. The van der Waals surface area contributed by atoms with Crippen molar-refractivity contribution in [2.24, 2.45) is 5.73 Å². The molecular formula is C20H20N2O2S. The van der Waals surface area contributed by atoms with Gasteiger partial charge in [0.25, 0.3) is 0 Å². The molecule has 0 heterocycles. The molecule has 0 spiro atoms. The van der Waals surface area contributed by atoms with E-state index in [-0.39, 0.29) is 4.99 Å². The third-order valence-corrected chi connectivity index (χ3v) is 4.06. The SMILES string of the molecule is COc1ccc(OCc2cc(C)cc(/C=C(\C#N)C(N)=S)c2C)cc1. The topological polar surface area (TPSA) is 68.3 Å². The molecule has 25 heavy (non-hydrogen) atoms. The second-order valence-corrected chi connectivity index (χ2v) is 6.08. The summed E-state index contributed by atoms with van der Waals surface area (Å²) < 4.78 is 11.0. The van der Waals surface area contributed by atoms with Gasteiger partial charge >= 0.3 is 0 Å². The first kappa shape index (κ1) is 18.5. The zero-order chi connectivity index (χ0) is 18.4. The Labute approximate surface area is 153 Å². The van der Waals surface area contributed by atoms with Gasteiger partial charge in [0.2, 0.25) is 0 Å². The molecule has 0 saturated heterocycles. The van der Waals surface area contributed by atoms with Gasteiger partial charge in [-0.3, -0.25) is 0 Å². The molecule has 2 aromatic carbocycles. The second-order valence-electron chi connectivity index (χ2n) is 5.64. The summed E-state index contributed by atoms with van der Waals surface area (Å²) >= 11 is 4.91. The Morgan fingerprint density at radius 3 is 2.40 bits per heavy atom. The van der Waals surface area contributed by atoms with E-state index >= 15 is 0 Å². The van der Waals surface area contributed by atoms with Gasteiger partial charge in [-0.15, -0.1) is 0 Å². The first-order valence-corrected chi connectivity index (χ1v) is 8.14. The van der Waals surface area contributed by atoms with E-state index in [2.05, 4.69) is 6.07 Å². The highest BCUT2D eigenvalue weighted by molar-refractivity contribution is 7.80. The largest absolute Gasteiger partial charge is 0.497 e. The molecule has 0 radical (unpaired) electrons. The molecule has 0 aromatic heterocycles. The fourth-order valence-electron chi connectivity index (χ4n) is 2.41. The molecule has 2 aromatic rings. The number of nitrogens with zero attached hydrogens (tertiary/aromatic N) is 1. The summed E-state index contributed by atoms with van der Waals surface area (Å²) in [6.07, 6.45) is 1.72. The molecule has 0 saturated carbocycles. The average molecular weight is 352 g/mol. The lowest BCUT2D eigenvalue weighted by Crippen LogP contribution is -2.10. The minimum Gasteiger partial charge on any atom is -0.497 e. The molecule has 0 amide bonds. The maximum atomic E-state index is 9.16. The number of nitriles is 1. The normalized spacial score (nSPS) is 10.9. The molecule has 4 nitrogen and oxygen atoms in total. The number of thiocarbonyl (C=S) groups is 1. The Hall–Kier alpha value is -2.84. The van der Waals surface area contributed by atoms with E-state index in [1.807, 2.05) is 50.2 Å². The van der Waals surface area contributed by atoms with Gasteiger partial charge in [0.1, 0.15) is 29.2 Å². The highest BCUT2D eigenvalue weighted by Gasteiger charge is 2.08. The first-order valence-electron chi connectivity index (χ1n) is 7.73. The van der Waals surface area contributed by atoms with Gasteiger partial charge in [0.15, 0.2) is 0 Å². The maximum absolute atomic E-state index is 9.16. The van der Waals surface area contributed by atoms with Crippen molar-refractivity contribution >= 4 is 23.3 Å². The molecule has 0 bridgehead atoms. The number of methoxy groups -OCH3 is 1. The molecule has 0 atom stereocenters. The van der Waals surface area contributed by atoms with Crippen LogP contribution in [0, 0.1) is 25.2 Å². The van der Waals surface area contributed by atoms with E-state index in [1.165, 1.54) is 0 Å². The van der Waals surface area contributed by atoms with Crippen molar-refractivity contribution in [1.82, 2.24) is 0 Å². The molecule has 2 N–H and O–H groups in total. The Bertz CT molecular complexity index is 849. The maximum Gasteiger partial charge on any atom is 0.120 e. The van der Waals surface area contributed by atoms with Crippen LogP contribution in [0.2, 0.25) is 0 Å². The van der Waals surface area contributed by atoms with Gasteiger partial charge in [0.05, 0.1) is 12.7 Å². The lowest BCUT2D eigenvalue weighted by molar-refractivity contribution is 0.304. The quantitative estimate of drug-likeness (QED) is 0.482. The van der Waals surface area contributed by atoms with E-state index in [0.717, 1.165) is 33.8 Å². The van der Waals surface area contributed by atoms with Crippen molar-refractivity contribution in [3.63, 3.8) is 0 Å². The van der Waals surface area contributed by atoms with Gasteiger partial charge < -0.3 is 15.2 Å². The van der Waals surface area contributed by atoms with Crippen LogP contribution in [0.1, 0.15) is 22.3 Å². The van der Waals surface area contributed by atoms with Crippen LogP contribution in [0.4, 0.5) is 0 Å². The van der Waals surface area contributed by atoms with Crippen LogP contribution in [-0.2, 0) is 6.61 Å². The summed E-state index contributed by atoms with van der Waals surface area (Å²) in [5.74, 6) is 1.55. The van der Waals surface area contributed by atoms with Gasteiger partial charge in [-0.1, -0.05) is 29.9 Å². The van der Waals surface area contributed by atoms with Crippen molar-refractivity contribution in [3.8, 4) is 17.6 Å². The first-order chi connectivity index (χ1) is 11.9. The predicted molar refractivity (Wildman–Crippen MR) is 104 cm³/mol. The van der Waals surface area contributed by atoms with E-state index in [1.54, 1.807) is 13.2 Å². The number of ether oxygens (including phenoxy) is 2. The van der Waals surface area contributed by atoms with Gasteiger partial charge in [-0.25, -0.2) is 0 Å². The summed E-state index contributed by atoms with van der Waals surface area (Å²) in [5, 5.41) is 9.16. The molecule has 128 valence electrons. The van der Waals surface area contributed by atoms with E-state index in [9.17, 15) is 0 Å². The molecular weight excluding hydrogens is 332 g/mol. The Morgan fingerprint density at radius 1 is 1.20 bits per heavy atom. The van der Waals surface area contributed by atoms with Crippen LogP contribution in [-0.4, -0.2) is 12.1 Å². The molecule has 0 aliphatic rings. The smallest absolute Gasteiger partial charge is 0.120 e. The Balaban J connectivity index is 2.26. The number of benzene rings is 2. The second kappa shape index (κ2) is 8.32. The zero-order valence-corrected chi connectivity index (χ0v) is 15.3. The number of aryl methyl sites for hydroxylation is 1. The number of hydrogen-bond donors (Lipinski definition) is 1. The lowest BCUT2D eigenvalue weighted by Gasteiger charge is -2.13. The third kappa shape index (κ3) is 4.82. The summed E-state index contributed by atoms with van der Waals surface area (Å²) in [6.45, 7) is 4.42. The van der Waals surface area contributed by atoms with Crippen LogP contribution in [0.5, 0.6) is 11.5 Å². The predicted octanol–water partition coefficient (Wildman–Crippen LogP) is 4.08. The summed E-state index contributed by atoms with van der Waals surface area (Å²) in [5.41, 5.74) is 9.95. The van der Waals surface area contributed by atoms with Crippen LogP contribution >= 0.6 is 12.2 Å². The molecule has 2 rings (SSSR count). The van der Waals surface area contributed by atoms with E-state index in [0.29, 0.717) is 12.2 Å². The van der Waals surface area contributed by atoms with Crippen LogP contribution in [0.15, 0.2) is 42.0 Å². The Morgan fingerprint density at radius 2 is 1.84 bits per heavy atom. The Kier molecular flexibility index (Phi) is 6.15. The van der Waals surface area contributed by atoms with Gasteiger partial charge in [0, 0.05) is 0 Å². The summed E-state index contributed by atoms with van der Waals surface area (Å²) in [6, 6.07) is 13.6. The van der Waals surface area contributed by atoms with Crippen LogP contribution in [0.25, 0.3) is 6.08 Å². The molecule has 0 fully saturated rings. The van der Waals surface area contributed by atoms with Crippen molar-refractivity contribution in [1.29, 1.82) is 5.26 Å². The van der Waals surface area contributed by atoms with E-state index in [4.69, 9.17) is 32.7 Å². The van der Waals surface area contributed by atoms with Gasteiger partial charge in [-0.2, -0.15) is 5.26 Å². The standard InChI is InChI=1S/C20H20N2O2S/c1-13-8-15(10-16(11-21)20(22)25)14(2)17(9-13)12-24-19-6-4-18(23-3)5-7-19/h4-10H,12H2,1-3H3,(H2,22,25)/b16-10+. The number of hydrogen-bond acceptors (Lipinski definition) is 4. The number of rotatable bonds is 6. The van der Waals surface area contributed by atoms with Crippen molar-refractivity contribution in [2.75, 3.05) is 7.11 Å². The minimum atomic E-state index is 0.0967. The third-order valence-electron chi connectivity index (χ3n) is 3.84. The monoisotopic (exact) mass is 352 g/mol. The molecule has 0 unspecified atom stereocenters. The van der Waals surface area contributed by atoms with Crippen molar-refractivity contribution in [3.05, 3.63) is 64.2 Å². The number of nitrogens with two attached hydrogens (primary N) is 1. The zero-order valence-electron chi connectivity index (χ0n) is 14.5. The van der Waals surface area contributed by atoms with E-state index < -0.39 is 0 Å². The van der Waals surface area contributed by atoms with Crippen molar-refractivity contribution in [2.45, 2.75) is 20.5 Å². The fraction of sp³-hybridized carbons (Fsp3) is 0.200. The fourth-order valence-corrected chi connectivity index (χ4v) is 2.52. The highest BCUT2D eigenvalue weighted by Crippen LogP contribution is 2.23. The highest BCUT2D eigenvalue weighted by atomic mass is 32.1. The lowest BCUT2D eigenvalue weighted by atomic mass is 9.98. The van der Waals surface area contributed by atoms with Crippen LogP contribution in [0.3, 0.4) is 0 Å². The summed E-state index contributed by atoms with van der Waals surface area (Å²) in [4.78, 5) is 0.0967.